The summed E-state index contributed by atoms with van der Waals surface area (Å²) in [6, 6.07) is 3.49. The predicted molar refractivity (Wildman–Crippen MR) is 92.9 cm³/mol. The second-order valence-electron chi connectivity index (χ2n) is 5.27. The van der Waals surface area contributed by atoms with Gasteiger partial charge in [-0.15, -0.1) is 12.4 Å². The van der Waals surface area contributed by atoms with E-state index in [4.69, 9.17) is 18.9 Å². The van der Waals surface area contributed by atoms with Crippen LogP contribution in [0.15, 0.2) is 12.1 Å². The maximum Gasteiger partial charge on any atom is 0.254 e. The predicted octanol–water partition coefficient (Wildman–Crippen LogP) is 1.19. The highest BCUT2D eigenvalue weighted by atomic mass is 35.5. The summed E-state index contributed by atoms with van der Waals surface area (Å²) in [5.74, 6) is 1.36. The number of benzene rings is 1. The number of hydrogen-bond acceptors (Lipinski definition) is 6. The van der Waals surface area contributed by atoms with Crippen molar-refractivity contribution in [2.75, 3.05) is 54.7 Å². The van der Waals surface area contributed by atoms with E-state index in [1.54, 1.807) is 24.1 Å². The molecule has 2 rings (SSSR count). The number of amides is 1. The number of halogens is 1. The highest BCUT2D eigenvalue weighted by molar-refractivity contribution is 5.95. The maximum absolute atomic E-state index is 12.8. The summed E-state index contributed by atoms with van der Waals surface area (Å²) in [4.78, 5) is 14.6. The molecule has 8 heteroatoms. The van der Waals surface area contributed by atoms with Gasteiger partial charge in [0.05, 0.1) is 27.9 Å². The second kappa shape index (κ2) is 9.56. The van der Waals surface area contributed by atoms with E-state index in [1.165, 1.54) is 21.3 Å². The first-order valence-corrected chi connectivity index (χ1v) is 7.46. The van der Waals surface area contributed by atoms with Gasteiger partial charge < -0.3 is 29.2 Å². The molecule has 0 radical (unpaired) electrons. The molecule has 1 atom stereocenters. The first-order chi connectivity index (χ1) is 11.1. The molecule has 1 aliphatic rings. The van der Waals surface area contributed by atoms with Crippen LogP contribution in [0.1, 0.15) is 10.4 Å². The van der Waals surface area contributed by atoms with Gasteiger partial charge in [0.1, 0.15) is 0 Å². The van der Waals surface area contributed by atoms with Crippen LogP contribution >= 0.6 is 12.4 Å². The van der Waals surface area contributed by atoms with Gasteiger partial charge in [-0.25, -0.2) is 0 Å². The zero-order chi connectivity index (χ0) is 16.8. The molecular formula is C16H25ClN2O5. The number of piperazine rings is 1. The molecule has 1 heterocycles. The van der Waals surface area contributed by atoms with Crippen molar-refractivity contribution in [3.05, 3.63) is 17.7 Å². The molecule has 0 aromatic heterocycles. The van der Waals surface area contributed by atoms with Gasteiger partial charge in [-0.3, -0.25) is 4.79 Å². The normalized spacial score (nSPS) is 17.0. The lowest BCUT2D eigenvalue weighted by molar-refractivity contribution is 0.0641. The largest absolute Gasteiger partial charge is 0.493 e. The zero-order valence-corrected chi connectivity index (χ0v) is 15.3. The number of carbonyl (C=O) groups excluding carboxylic acids is 1. The van der Waals surface area contributed by atoms with Crippen LogP contribution in [0.25, 0.3) is 0 Å². The molecule has 1 saturated heterocycles. The average Bonchev–Trinajstić information content (AvgIpc) is 2.60. The Bertz CT molecular complexity index is 528. The molecule has 24 heavy (non-hydrogen) atoms. The van der Waals surface area contributed by atoms with Gasteiger partial charge in [0.25, 0.3) is 5.91 Å². The van der Waals surface area contributed by atoms with Crippen molar-refractivity contribution >= 4 is 18.3 Å². The topological polar surface area (TPSA) is 69.3 Å². The molecule has 1 aliphatic heterocycles. The Morgan fingerprint density at radius 1 is 1.17 bits per heavy atom. The van der Waals surface area contributed by atoms with Crippen molar-refractivity contribution < 1.29 is 23.7 Å². The van der Waals surface area contributed by atoms with E-state index in [9.17, 15) is 4.79 Å². The zero-order valence-electron chi connectivity index (χ0n) is 14.5. The Labute approximate surface area is 148 Å². The SMILES string of the molecule is COCC1CN(C(=O)c2cc(OC)c(OC)c(OC)c2)CCN1.Cl. The molecule has 0 spiro atoms. The Morgan fingerprint density at radius 2 is 1.79 bits per heavy atom. The second-order valence-corrected chi connectivity index (χ2v) is 5.27. The number of rotatable bonds is 6. The minimum Gasteiger partial charge on any atom is -0.493 e. The molecule has 0 aliphatic carbocycles. The smallest absolute Gasteiger partial charge is 0.254 e. The van der Waals surface area contributed by atoms with Gasteiger partial charge in [0.15, 0.2) is 11.5 Å². The van der Waals surface area contributed by atoms with Crippen molar-refractivity contribution in [2.24, 2.45) is 0 Å². The van der Waals surface area contributed by atoms with Crippen LogP contribution in [0.3, 0.4) is 0 Å². The fraction of sp³-hybridized carbons (Fsp3) is 0.562. The van der Waals surface area contributed by atoms with Crippen LogP contribution in [-0.2, 0) is 4.74 Å². The van der Waals surface area contributed by atoms with Crippen LogP contribution < -0.4 is 19.5 Å². The molecule has 0 saturated carbocycles. The van der Waals surface area contributed by atoms with Gasteiger partial charge in [0, 0.05) is 38.3 Å². The fourth-order valence-electron chi connectivity index (χ4n) is 2.71. The lowest BCUT2D eigenvalue weighted by atomic mass is 10.1. The summed E-state index contributed by atoms with van der Waals surface area (Å²) in [5.41, 5.74) is 0.512. The van der Waals surface area contributed by atoms with E-state index in [0.29, 0.717) is 42.5 Å². The average molecular weight is 361 g/mol. The van der Waals surface area contributed by atoms with Crippen LogP contribution in [-0.4, -0.2) is 71.5 Å². The highest BCUT2D eigenvalue weighted by Gasteiger charge is 2.26. The van der Waals surface area contributed by atoms with Crippen molar-refractivity contribution in [3.63, 3.8) is 0 Å². The first kappa shape index (κ1) is 20.3. The Balaban J connectivity index is 0.00000288. The van der Waals surface area contributed by atoms with Gasteiger partial charge in [0.2, 0.25) is 5.75 Å². The molecule has 1 N–H and O–H groups in total. The van der Waals surface area contributed by atoms with Gasteiger partial charge in [-0.1, -0.05) is 0 Å². The number of methoxy groups -OCH3 is 4. The third kappa shape index (κ3) is 4.43. The fourth-order valence-corrected chi connectivity index (χ4v) is 2.71. The number of ether oxygens (including phenoxy) is 4. The van der Waals surface area contributed by atoms with Gasteiger partial charge in [-0.05, 0) is 12.1 Å². The van der Waals surface area contributed by atoms with E-state index in [-0.39, 0.29) is 24.4 Å². The van der Waals surface area contributed by atoms with Crippen molar-refractivity contribution in [2.45, 2.75) is 6.04 Å². The first-order valence-electron chi connectivity index (χ1n) is 7.46. The third-order valence-electron chi connectivity index (χ3n) is 3.82. The van der Waals surface area contributed by atoms with Crippen molar-refractivity contribution in [3.8, 4) is 17.2 Å². The third-order valence-corrected chi connectivity index (χ3v) is 3.82. The van der Waals surface area contributed by atoms with Crippen molar-refractivity contribution in [1.29, 1.82) is 0 Å². The highest BCUT2D eigenvalue weighted by Crippen LogP contribution is 2.38. The number of carbonyl (C=O) groups is 1. The number of nitrogens with one attached hydrogen (secondary N) is 1. The standard InChI is InChI=1S/C16H24N2O5.ClH/c1-20-10-12-9-18(6-5-17-12)16(19)11-7-13(21-2)15(23-4)14(8-11)22-3;/h7-8,12,17H,5-6,9-10H2,1-4H3;1H. The molecule has 1 amide bonds. The minimum atomic E-state index is -0.0631. The summed E-state index contributed by atoms with van der Waals surface area (Å²) in [6.07, 6.45) is 0. The molecule has 1 aromatic carbocycles. The summed E-state index contributed by atoms with van der Waals surface area (Å²) >= 11 is 0. The summed E-state index contributed by atoms with van der Waals surface area (Å²) in [7, 11) is 6.26. The van der Waals surface area contributed by atoms with E-state index in [0.717, 1.165) is 6.54 Å². The lowest BCUT2D eigenvalue weighted by Gasteiger charge is -2.33. The van der Waals surface area contributed by atoms with Crippen LogP contribution in [0.4, 0.5) is 0 Å². The summed E-state index contributed by atoms with van der Waals surface area (Å²) in [6.45, 7) is 2.56. The Morgan fingerprint density at radius 3 is 2.29 bits per heavy atom. The number of nitrogens with zero attached hydrogens (tertiary/aromatic N) is 1. The monoisotopic (exact) mass is 360 g/mol. The van der Waals surface area contributed by atoms with Gasteiger partial charge in [-0.2, -0.15) is 0 Å². The molecule has 1 unspecified atom stereocenters. The lowest BCUT2D eigenvalue weighted by Crippen LogP contribution is -2.54. The van der Waals surface area contributed by atoms with Crippen molar-refractivity contribution in [1.82, 2.24) is 10.2 Å². The van der Waals surface area contributed by atoms with Gasteiger partial charge >= 0.3 is 0 Å². The molecule has 1 fully saturated rings. The van der Waals surface area contributed by atoms with Crippen LogP contribution in [0.5, 0.6) is 17.2 Å². The summed E-state index contributed by atoms with van der Waals surface area (Å²) < 4.78 is 21.1. The number of hydrogen-bond donors (Lipinski definition) is 1. The maximum atomic E-state index is 12.8. The molecule has 0 bridgehead atoms. The Hall–Kier alpha value is -1.70. The molecular weight excluding hydrogens is 336 g/mol. The summed E-state index contributed by atoms with van der Waals surface area (Å²) in [5, 5.41) is 3.33. The van der Waals surface area contributed by atoms with E-state index in [2.05, 4.69) is 5.32 Å². The minimum absolute atomic E-state index is 0. The van der Waals surface area contributed by atoms with Crippen LogP contribution in [0.2, 0.25) is 0 Å². The molecule has 7 nitrogen and oxygen atoms in total. The molecule has 1 aromatic rings. The van der Waals surface area contributed by atoms with Crippen LogP contribution in [0, 0.1) is 0 Å². The molecule has 136 valence electrons. The van der Waals surface area contributed by atoms with E-state index in [1.807, 2.05) is 0 Å². The van der Waals surface area contributed by atoms with E-state index < -0.39 is 0 Å². The Kier molecular flexibility index (Phi) is 8.10. The van der Waals surface area contributed by atoms with E-state index >= 15 is 0 Å². The quantitative estimate of drug-likeness (QED) is 0.822.